The van der Waals surface area contributed by atoms with Gasteiger partial charge in [0.15, 0.2) is 0 Å². The highest BCUT2D eigenvalue weighted by molar-refractivity contribution is 7.89. The summed E-state index contributed by atoms with van der Waals surface area (Å²) < 4.78 is 34.4. The van der Waals surface area contributed by atoms with Gasteiger partial charge in [0.05, 0.1) is 18.3 Å². The summed E-state index contributed by atoms with van der Waals surface area (Å²) in [7, 11) is -3.84. The molecule has 0 atom stereocenters. The fraction of sp³-hybridized carbons (Fsp3) is 0.619. The van der Waals surface area contributed by atoms with Gasteiger partial charge in [-0.25, -0.2) is 18.2 Å². The number of ether oxygens (including phenoxy) is 1. The highest BCUT2D eigenvalue weighted by atomic mass is 32.2. The monoisotopic (exact) mass is 511 g/mol. The average Bonchev–Trinajstić information content (AvgIpc) is 3.19. The Labute approximate surface area is 202 Å². The van der Waals surface area contributed by atoms with Crippen LogP contribution >= 0.6 is 11.3 Å². The number of carbonyl (C=O) groups excluding carboxylic acids is 2. The minimum absolute atomic E-state index is 0.0109. The number of piperidine rings is 1. The summed E-state index contributed by atoms with van der Waals surface area (Å²) in [5.74, 6) is -0.292. The van der Waals surface area contributed by atoms with Crippen LogP contribution < -0.4 is 5.56 Å². The first-order valence-corrected chi connectivity index (χ1v) is 13.7. The SMILES string of the molecule is CCOC(=O)N1CCN(C(=O)Cn2cnc3sc(C)c(S(=O)(=O)N4CCCCC4)c3c2=O)CC1. The second-order valence-electron chi connectivity index (χ2n) is 8.38. The van der Waals surface area contributed by atoms with Crippen molar-refractivity contribution in [3.05, 3.63) is 21.6 Å². The highest BCUT2D eigenvalue weighted by Crippen LogP contribution is 2.33. The van der Waals surface area contributed by atoms with E-state index in [4.69, 9.17) is 4.74 Å². The first-order chi connectivity index (χ1) is 16.2. The van der Waals surface area contributed by atoms with Crippen LogP contribution in [-0.2, 0) is 26.1 Å². The Hall–Kier alpha value is -2.51. The van der Waals surface area contributed by atoms with Gasteiger partial charge in [0, 0.05) is 44.1 Å². The Balaban J connectivity index is 1.56. The molecule has 2 amide bonds. The summed E-state index contributed by atoms with van der Waals surface area (Å²) in [5.41, 5.74) is -0.538. The highest BCUT2D eigenvalue weighted by Gasteiger charge is 2.33. The molecule has 0 aliphatic carbocycles. The Bertz CT molecular complexity index is 1240. The number of rotatable bonds is 5. The number of aryl methyl sites for hydroxylation is 1. The van der Waals surface area contributed by atoms with Gasteiger partial charge in [0.2, 0.25) is 15.9 Å². The molecule has 186 valence electrons. The zero-order valence-electron chi connectivity index (χ0n) is 19.4. The molecule has 0 bridgehead atoms. The summed E-state index contributed by atoms with van der Waals surface area (Å²) in [4.78, 5) is 46.4. The summed E-state index contributed by atoms with van der Waals surface area (Å²) in [5, 5.41) is 0.0514. The van der Waals surface area contributed by atoms with E-state index in [1.807, 2.05) is 0 Å². The van der Waals surface area contributed by atoms with E-state index in [9.17, 15) is 22.8 Å². The molecule has 2 saturated heterocycles. The van der Waals surface area contributed by atoms with Gasteiger partial charge in [0.25, 0.3) is 5.56 Å². The number of hydrogen-bond acceptors (Lipinski definition) is 8. The smallest absolute Gasteiger partial charge is 0.409 e. The van der Waals surface area contributed by atoms with Gasteiger partial charge >= 0.3 is 6.09 Å². The zero-order chi connectivity index (χ0) is 24.5. The molecule has 34 heavy (non-hydrogen) atoms. The van der Waals surface area contributed by atoms with E-state index in [-0.39, 0.29) is 29.3 Å². The standard InChI is InChI=1S/C21H29N5O6S2/c1-3-32-21(29)24-11-9-23(10-12-24)16(27)13-25-14-22-19-17(20(25)28)18(15(2)33-19)34(30,31)26-7-5-4-6-8-26/h14H,3-13H2,1-2H3. The van der Waals surface area contributed by atoms with Crippen LogP contribution in [0.5, 0.6) is 0 Å². The molecule has 2 aromatic heterocycles. The van der Waals surface area contributed by atoms with Crippen molar-refractivity contribution in [3.8, 4) is 0 Å². The molecule has 0 saturated carbocycles. The number of aromatic nitrogens is 2. The average molecular weight is 512 g/mol. The molecule has 11 nitrogen and oxygen atoms in total. The fourth-order valence-electron chi connectivity index (χ4n) is 4.37. The summed E-state index contributed by atoms with van der Waals surface area (Å²) in [6.45, 7) is 5.67. The molecule has 0 radical (unpaired) electrons. The third-order valence-corrected chi connectivity index (χ3v) is 9.39. The minimum atomic E-state index is -3.84. The van der Waals surface area contributed by atoms with Gasteiger partial charge in [-0.2, -0.15) is 4.31 Å². The zero-order valence-corrected chi connectivity index (χ0v) is 21.0. The van der Waals surface area contributed by atoms with E-state index in [0.29, 0.717) is 49.0 Å². The Morgan fingerprint density at radius 3 is 2.35 bits per heavy atom. The lowest BCUT2D eigenvalue weighted by Crippen LogP contribution is -2.51. The lowest BCUT2D eigenvalue weighted by Gasteiger charge is -2.34. The van der Waals surface area contributed by atoms with Crippen LogP contribution in [0, 0.1) is 6.92 Å². The predicted molar refractivity (Wildman–Crippen MR) is 126 cm³/mol. The van der Waals surface area contributed by atoms with Crippen LogP contribution in [0.15, 0.2) is 16.0 Å². The van der Waals surface area contributed by atoms with Crippen LogP contribution in [-0.4, -0.2) is 89.9 Å². The molecule has 0 aromatic carbocycles. The largest absolute Gasteiger partial charge is 0.450 e. The van der Waals surface area contributed by atoms with Crippen molar-refractivity contribution in [3.63, 3.8) is 0 Å². The number of nitrogens with zero attached hydrogens (tertiary/aromatic N) is 5. The van der Waals surface area contributed by atoms with Crippen LogP contribution in [0.25, 0.3) is 10.2 Å². The van der Waals surface area contributed by atoms with Crippen molar-refractivity contribution >= 4 is 43.6 Å². The Kier molecular flexibility index (Phi) is 7.24. The fourth-order valence-corrected chi connectivity index (χ4v) is 7.55. The van der Waals surface area contributed by atoms with Gasteiger partial charge < -0.3 is 14.5 Å². The number of hydrogen-bond donors (Lipinski definition) is 0. The maximum Gasteiger partial charge on any atom is 0.409 e. The first kappa shape index (κ1) is 24.6. The van der Waals surface area contributed by atoms with E-state index in [1.165, 1.54) is 26.5 Å². The van der Waals surface area contributed by atoms with E-state index in [2.05, 4.69) is 4.98 Å². The summed E-state index contributed by atoms with van der Waals surface area (Å²) >= 11 is 1.17. The van der Waals surface area contributed by atoms with Crippen LogP contribution in [0.3, 0.4) is 0 Å². The molecular weight excluding hydrogens is 482 g/mol. The normalized spacial score (nSPS) is 17.8. The number of amides is 2. The van der Waals surface area contributed by atoms with E-state index in [0.717, 1.165) is 19.3 Å². The molecule has 2 aromatic rings. The van der Waals surface area contributed by atoms with Crippen molar-refractivity contribution in [2.24, 2.45) is 0 Å². The summed E-state index contributed by atoms with van der Waals surface area (Å²) in [6.07, 6.45) is 3.46. The molecule has 0 N–H and O–H groups in total. The van der Waals surface area contributed by atoms with Crippen molar-refractivity contribution in [1.29, 1.82) is 0 Å². The first-order valence-electron chi connectivity index (χ1n) is 11.4. The Morgan fingerprint density at radius 1 is 1.06 bits per heavy atom. The predicted octanol–water partition coefficient (Wildman–Crippen LogP) is 1.24. The molecule has 0 spiro atoms. The van der Waals surface area contributed by atoms with Gasteiger partial charge in [-0.15, -0.1) is 11.3 Å². The second kappa shape index (κ2) is 10.0. The van der Waals surface area contributed by atoms with Gasteiger partial charge in [0.1, 0.15) is 16.3 Å². The van der Waals surface area contributed by atoms with Crippen LogP contribution in [0.2, 0.25) is 0 Å². The third kappa shape index (κ3) is 4.68. The molecule has 2 aliphatic heterocycles. The van der Waals surface area contributed by atoms with Crippen molar-refractivity contribution in [2.75, 3.05) is 45.9 Å². The number of thiophene rings is 1. The maximum atomic E-state index is 13.4. The van der Waals surface area contributed by atoms with E-state index in [1.54, 1.807) is 23.6 Å². The maximum absolute atomic E-state index is 13.4. The number of fused-ring (bicyclic) bond motifs is 1. The van der Waals surface area contributed by atoms with E-state index < -0.39 is 21.7 Å². The van der Waals surface area contributed by atoms with Crippen molar-refractivity contribution in [1.82, 2.24) is 23.7 Å². The molecule has 13 heteroatoms. The van der Waals surface area contributed by atoms with Crippen molar-refractivity contribution in [2.45, 2.75) is 44.6 Å². The van der Waals surface area contributed by atoms with Gasteiger partial charge in [-0.1, -0.05) is 6.42 Å². The second-order valence-corrected chi connectivity index (χ2v) is 11.5. The third-order valence-electron chi connectivity index (χ3n) is 6.18. The molecule has 4 heterocycles. The molecular formula is C21H29N5O6S2. The van der Waals surface area contributed by atoms with E-state index >= 15 is 0 Å². The lowest BCUT2D eigenvalue weighted by molar-refractivity contribution is -0.133. The number of carbonyl (C=O) groups is 2. The van der Waals surface area contributed by atoms with Gasteiger partial charge in [-0.3, -0.25) is 14.2 Å². The number of sulfonamides is 1. The van der Waals surface area contributed by atoms with Crippen LogP contribution in [0.4, 0.5) is 4.79 Å². The molecule has 2 aliphatic rings. The Morgan fingerprint density at radius 2 is 1.71 bits per heavy atom. The number of piperazine rings is 1. The summed E-state index contributed by atoms with van der Waals surface area (Å²) in [6, 6.07) is 0. The molecule has 2 fully saturated rings. The molecule has 0 unspecified atom stereocenters. The van der Waals surface area contributed by atoms with Gasteiger partial charge in [-0.05, 0) is 26.7 Å². The molecule has 4 rings (SSSR count). The van der Waals surface area contributed by atoms with Crippen LogP contribution in [0.1, 0.15) is 31.1 Å². The quantitative estimate of drug-likeness (QED) is 0.592. The van der Waals surface area contributed by atoms with Crippen molar-refractivity contribution < 1.29 is 22.7 Å². The lowest BCUT2D eigenvalue weighted by atomic mass is 10.2. The minimum Gasteiger partial charge on any atom is -0.450 e. The topological polar surface area (TPSA) is 122 Å².